The Morgan fingerprint density at radius 2 is 1.78 bits per heavy atom. The summed E-state index contributed by atoms with van der Waals surface area (Å²) in [6.07, 6.45) is 0. The number of fused-ring (bicyclic) bond motifs is 2. The number of thiocarbonyl (C=S) groups is 1. The van der Waals surface area contributed by atoms with E-state index in [4.69, 9.17) is 12.2 Å². The predicted molar refractivity (Wildman–Crippen MR) is 97.3 cm³/mol. The van der Waals surface area contributed by atoms with Gasteiger partial charge in [0.25, 0.3) is 5.56 Å². The van der Waals surface area contributed by atoms with Crippen LogP contribution in [0, 0.1) is 0 Å². The fourth-order valence-corrected chi connectivity index (χ4v) is 3.40. The van der Waals surface area contributed by atoms with E-state index in [1.54, 1.807) is 18.2 Å². The lowest BCUT2D eigenvalue weighted by Gasteiger charge is -2.05. The quantitative estimate of drug-likeness (QED) is 0.549. The molecule has 4 aromatic rings. The van der Waals surface area contributed by atoms with Gasteiger partial charge in [0.1, 0.15) is 4.99 Å². The molecule has 4 rings (SSSR count). The molecule has 0 aliphatic heterocycles. The van der Waals surface area contributed by atoms with Crippen molar-refractivity contribution < 1.29 is 0 Å². The minimum Gasteiger partial charge on any atom is -0.319 e. The molecule has 0 saturated heterocycles. The Morgan fingerprint density at radius 1 is 1.04 bits per heavy atom. The van der Waals surface area contributed by atoms with E-state index in [0.717, 1.165) is 10.2 Å². The molecule has 0 spiro atoms. The molecule has 0 atom stereocenters. The average Bonchev–Trinajstić information content (AvgIpc) is 2.97. The normalized spacial score (nSPS) is 11.0. The van der Waals surface area contributed by atoms with Gasteiger partial charge >= 0.3 is 0 Å². The first kappa shape index (κ1) is 14.0. The van der Waals surface area contributed by atoms with Crippen molar-refractivity contribution in [2.75, 3.05) is 5.32 Å². The zero-order chi connectivity index (χ0) is 15.8. The van der Waals surface area contributed by atoms with Crippen molar-refractivity contribution >= 4 is 54.8 Å². The minimum absolute atomic E-state index is 0.209. The number of nitrogens with zero attached hydrogens (tertiary/aromatic N) is 2. The number of anilines is 1. The van der Waals surface area contributed by atoms with Crippen LogP contribution in [-0.2, 0) is 0 Å². The largest absolute Gasteiger partial charge is 0.319 e. The van der Waals surface area contributed by atoms with Crippen molar-refractivity contribution in [1.82, 2.24) is 15.0 Å². The third-order valence-electron chi connectivity index (χ3n) is 3.34. The summed E-state index contributed by atoms with van der Waals surface area (Å²) in [6.45, 7) is 0. The Kier molecular flexibility index (Phi) is 3.36. The van der Waals surface area contributed by atoms with E-state index >= 15 is 0 Å². The second kappa shape index (κ2) is 5.53. The number of benzene rings is 2. The number of hydrogen-bond donors (Lipinski definition) is 2. The molecule has 7 heteroatoms. The van der Waals surface area contributed by atoms with E-state index in [9.17, 15) is 4.79 Å². The number of rotatable bonds is 2. The monoisotopic (exact) mass is 338 g/mol. The van der Waals surface area contributed by atoms with Gasteiger partial charge in [-0.05, 0) is 24.3 Å². The van der Waals surface area contributed by atoms with Gasteiger partial charge in [0.05, 0.1) is 21.1 Å². The molecule has 0 radical (unpaired) electrons. The Bertz CT molecular complexity index is 1070. The maximum Gasteiger partial charge on any atom is 0.259 e. The Morgan fingerprint density at radius 3 is 2.61 bits per heavy atom. The molecular formula is C16H10N4OS2. The second-order valence-corrected chi connectivity index (χ2v) is 6.31. The van der Waals surface area contributed by atoms with Crippen molar-refractivity contribution in [3.63, 3.8) is 0 Å². The fraction of sp³-hybridized carbons (Fsp3) is 0. The Balaban J connectivity index is 1.70. The van der Waals surface area contributed by atoms with E-state index in [1.165, 1.54) is 11.3 Å². The summed E-state index contributed by atoms with van der Waals surface area (Å²) in [5, 5.41) is 4.26. The fourth-order valence-electron chi connectivity index (χ4n) is 2.28. The summed E-state index contributed by atoms with van der Waals surface area (Å²) in [5.74, 6) is 0.336. The number of aromatic nitrogens is 3. The molecule has 5 nitrogen and oxygen atoms in total. The summed E-state index contributed by atoms with van der Waals surface area (Å²) in [7, 11) is 0. The maximum absolute atomic E-state index is 12.1. The van der Waals surface area contributed by atoms with Gasteiger partial charge in [0, 0.05) is 0 Å². The van der Waals surface area contributed by atoms with E-state index in [1.807, 2.05) is 30.3 Å². The number of para-hydroxylation sites is 2. The molecule has 0 aliphatic carbocycles. The molecule has 0 fully saturated rings. The number of H-pyrrole nitrogens is 1. The van der Waals surface area contributed by atoms with Gasteiger partial charge in [-0.2, -0.15) is 0 Å². The van der Waals surface area contributed by atoms with Gasteiger partial charge in [-0.25, -0.2) is 9.97 Å². The molecule has 2 aromatic carbocycles. The first-order valence-electron chi connectivity index (χ1n) is 6.87. The highest BCUT2D eigenvalue weighted by molar-refractivity contribution is 7.81. The van der Waals surface area contributed by atoms with E-state index < -0.39 is 0 Å². The predicted octanol–water partition coefficient (Wildman–Crippen LogP) is 3.32. The molecule has 0 unspecified atom stereocenters. The van der Waals surface area contributed by atoms with Crippen molar-refractivity contribution in [2.45, 2.75) is 0 Å². The summed E-state index contributed by atoms with van der Waals surface area (Å²) >= 11 is 6.85. The zero-order valence-electron chi connectivity index (χ0n) is 11.7. The molecule has 2 heterocycles. The molecule has 0 saturated carbocycles. The molecule has 0 amide bonds. The van der Waals surface area contributed by atoms with Crippen LogP contribution in [0.15, 0.2) is 53.3 Å². The van der Waals surface area contributed by atoms with Crippen LogP contribution >= 0.6 is 23.6 Å². The van der Waals surface area contributed by atoms with Crippen LogP contribution in [0.3, 0.4) is 0 Å². The number of aromatic amines is 1. The van der Waals surface area contributed by atoms with Crippen LogP contribution in [0.1, 0.15) is 5.82 Å². The molecule has 112 valence electrons. The molecule has 0 bridgehead atoms. The Labute approximate surface area is 140 Å². The van der Waals surface area contributed by atoms with Gasteiger partial charge in [-0.15, -0.1) is 0 Å². The standard InChI is InChI=1S/C16H10N4OS2/c21-14-9-5-1-2-6-10(9)17-13(19-14)15(22)20-16-18-11-7-3-4-8-12(11)23-16/h1-8H,(H,17,19,21)(H,18,20,22). The van der Waals surface area contributed by atoms with Gasteiger partial charge in [-0.3, -0.25) is 4.79 Å². The summed E-state index contributed by atoms with van der Waals surface area (Å²) in [5.41, 5.74) is 1.31. The van der Waals surface area contributed by atoms with Crippen molar-refractivity contribution in [3.8, 4) is 0 Å². The average molecular weight is 338 g/mol. The van der Waals surface area contributed by atoms with Gasteiger partial charge < -0.3 is 10.3 Å². The van der Waals surface area contributed by atoms with Gasteiger partial charge in [-0.1, -0.05) is 47.8 Å². The summed E-state index contributed by atoms with van der Waals surface area (Å²) in [6, 6.07) is 15.0. The highest BCUT2D eigenvalue weighted by Crippen LogP contribution is 2.25. The van der Waals surface area contributed by atoms with Gasteiger partial charge in [0.2, 0.25) is 0 Å². The SMILES string of the molecule is O=c1[nH]c(C(=S)Nc2nc3ccccc3s2)nc2ccccc12. The number of hydrogen-bond acceptors (Lipinski definition) is 5. The number of thiazole rings is 1. The molecule has 2 N–H and O–H groups in total. The van der Waals surface area contributed by atoms with E-state index in [0.29, 0.717) is 26.8 Å². The maximum atomic E-state index is 12.1. The van der Waals surface area contributed by atoms with Crippen molar-refractivity contribution in [2.24, 2.45) is 0 Å². The van der Waals surface area contributed by atoms with Crippen molar-refractivity contribution in [3.05, 3.63) is 64.7 Å². The van der Waals surface area contributed by atoms with Crippen LogP contribution in [0.4, 0.5) is 5.13 Å². The summed E-state index contributed by atoms with van der Waals surface area (Å²) < 4.78 is 1.07. The minimum atomic E-state index is -0.209. The van der Waals surface area contributed by atoms with Crippen LogP contribution in [0.2, 0.25) is 0 Å². The topological polar surface area (TPSA) is 70.7 Å². The van der Waals surface area contributed by atoms with Crippen LogP contribution in [0.25, 0.3) is 21.1 Å². The van der Waals surface area contributed by atoms with Crippen LogP contribution in [-0.4, -0.2) is 19.9 Å². The second-order valence-electron chi connectivity index (χ2n) is 4.87. The van der Waals surface area contributed by atoms with Crippen molar-refractivity contribution in [1.29, 1.82) is 0 Å². The zero-order valence-corrected chi connectivity index (χ0v) is 13.4. The summed E-state index contributed by atoms with van der Waals surface area (Å²) in [4.78, 5) is 24.0. The van der Waals surface area contributed by atoms with Crippen LogP contribution in [0.5, 0.6) is 0 Å². The molecular weight excluding hydrogens is 328 g/mol. The van der Waals surface area contributed by atoms with E-state index in [-0.39, 0.29) is 5.56 Å². The lowest BCUT2D eigenvalue weighted by molar-refractivity contribution is 1.14. The molecule has 0 aliphatic rings. The lowest BCUT2D eigenvalue weighted by Crippen LogP contribution is -2.20. The Hall–Kier alpha value is -2.64. The van der Waals surface area contributed by atoms with E-state index in [2.05, 4.69) is 20.3 Å². The highest BCUT2D eigenvalue weighted by atomic mass is 32.1. The lowest BCUT2D eigenvalue weighted by atomic mass is 10.2. The number of nitrogens with one attached hydrogen (secondary N) is 2. The molecule has 2 aromatic heterocycles. The first-order valence-corrected chi connectivity index (χ1v) is 8.09. The first-order chi connectivity index (χ1) is 11.2. The van der Waals surface area contributed by atoms with Gasteiger partial charge in [0.15, 0.2) is 11.0 Å². The highest BCUT2D eigenvalue weighted by Gasteiger charge is 2.10. The third-order valence-corrected chi connectivity index (χ3v) is 4.59. The third kappa shape index (κ3) is 2.60. The van der Waals surface area contributed by atoms with Crippen LogP contribution < -0.4 is 10.9 Å². The smallest absolute Gasteiger partial charge is 0.259 e. The molecule has 23 heavy (non-hydrogen) atoms.